The summed E-state index contributed by atoms with van der Waals surface area (Å²) in [5.41, 5.74) is 2.54. The van der Waals surface area contributed by atoms with Crippen LogP contribution in [0.4, 0.5) is 5.69 Å². The molecule has 1 fully saturated rings. The molecule has 1 saturated heterocycles. The van der Waals surface area contributed by atoms with Crippen molar-refractivity contribution in [3.05, 3.63) is 29.8 Å². The van der Waals surface area contributed by atoms with E-state index in [4.69, 9.17) is 4.99 Å². The van der Waals surface area contributed by atoms with Gasteiger partial charge in [0.1, 0.15) is 5.84 Å². The third-order valence-corrected chi connectivity index (χ3v) is 3.46. The zero-order valence-electron chi connectivity index (χ0n) is 9.69. The van der Waals surface area contributed by atoms with Crippen LogP contribution in [0.25, 0.3) is 0 Å². The summed E-state index contributed by atoms with van der Waals surface area (Å²) in [4.78, 5) is 9.53. The van der Waals surface area contributed by atoms with Crippen molar-refractivity contribution >= 4 is 11.5 Å². The van der Waals surface area contributed by atoms with Gasteiger partial charge in [-0.1, -0.05) is 18.2 Å². The van der Waals surface area contributed by atoms with E-state index in [-0.39, 0.29) is 0 Å². The van der Waals surface area contributed by atoms with E-state index in [0.717, 1.165) is 38.3 Å². The molecule has 3 rings (SSSR count). The number of hydrogen-bond donors (Lipinski definition) is 0. The van der Waals surface area contributed by atoms with Crippen molar-refractivity contribution in [1.82, 2.24) is 9.80 Å². The second-order valence-electron chi connectivity index (χ2n) is 4.62. The van der Waals surface area contributed by atoms with Crippen LogP contribution in [-0.4, -0.2) is 48.9 Å². The molecular weight excluding hydrogens is 198 g/mol. The zero-order valence-corrected chi connectivity index (χ0v) is 9.69. The summed E-state index contributed by atoms with van der Waals surface area (Å²) in [6.45, 7) is 4.53. The van der Waals surface area contributed by atoms with Crippen LogP contribution in [0.5, 0.6) is 0 Å². The van der Waals surface area contributed by atoms with Gasteiger partial charge in [0, 0.05) is 32.6 Å². The molecule has 0 saturated carbocycles. The minimum absolute atomic E-state index is 1.01. The van der Waals surface area contributed by atoms with Crippen LogP contribution < -0.4 is 0 Å². The number of fused-ring (bicyclic) bond motifs is 1. The highest BCUT2D eigenvalue weighted by molar-refractivity contribution is 5.92. The third-order valence-electron chi connectivity index (χ3n) is 3.46. The molecule has 0 spiro atoms. The molecule has 0 N–H and O–H groups in total. The molecule has 0 radical (unpaired) electrons. The lowest BCUT2D eigenvalue weighted by Crippen LogP contribution is -2.47. The molecule has 0 bridgehead atoms. The Bertz CT molecular complexity index is 417. The average molecular weight is 215 g/mol. The molecule has 2 aliphatic heterocycles. The number of amidine groups is 1. The van der Waals surface area contributed by atoms with Crippen molar-refractivity contribution in [1.29, 1.82) is 0 Å². The molecule has 3 heteroatoms. The van der Waals surface area contributed by atoms with Crippen LogP contribution in [0.15, 0.2) is 29.3 Å². The van der Waals surface area contributed by atoms with Crippen LogP contribution in [0.3, 0.4) is 0 Å². The molecule has 0 atom stereocenters. The molecule has 2 aliphatic rings. The van der Waals surface area contributed by atoms with Crippen molar-refractivity contribution in [3.63, 3.8) is 0 Å². The van der Waals surface area contributed by atoms with Crippen molar-refractivity contribution < 1.29 is 0 Å². The van der Waals surface area contributed by atoms with Gasteiger partial charge in [0.2, 0.25) is 0 Å². The van der Waals surface area contributed by atoms with Gasteiger partial charge in [-0.2, -0.15) is 0 Å². The first kappa shape index (κ1) is 9.85. The van der Waals surface area contributed by atoms with Gasteiger partial charge in [-0.05, 0) is 18.7 Å². The third kappa shape index (κ3) is 1.71. The fourth-order valence-corrected chi connectivity index (χ4v) is 2.37. The van der Waals surface area contributed by atoms with Crippen LogP contribution in [0, 0.1) is 0 Å². The number of rotatable bonds is 0. The predicted octanol–water partition coefficient (Wildman–Crippen LogP) is 1.52. The van der Waals surface area contributed by atoms with Crippen molar-refractivity contribution in [2.24, 2.45) is 4.99 Å². The standard InChI is InChI=1S/C13H17N3/c1-15-6-8-16(9-7-15)13-10-11-4-2-3-5-12(11)14-13/h2-5H,6-10H2,1H3. The number of para-hydroxylation sites is 1. The molecule has 16 heavy (non-hydrogen) atoms. The Labute approximate surface area is 96.4 Å². The molecule has 0 amide bonds. The van der Waals surface area contributed by atoms with E-state index in [1.165, 1.54) is 11.4 Å². The van der Waals surface area contributed by atoms with E-state index in [0.29, 0.717) is 0 Å². The van der Waals surface area contributed by atoms with Gasteiger partial charge >= 0.3 is 0 Å². The molecular formula is C13H17N3. The molecule has 3 nitrogen and oxygen atoms in total. The van der Waals surface area contributed by atoms with Gasteiger partial charge in [0.05, 0.1) is 5.69 Å². The molecule has 0 unspecified atom stereocenters. The first-order valence-electron chi connectivity index (χ1n) is 5.92. The SMILES string of the molecule is CN1CCN(C2=Nc3ccccc3C2)CC1. The summed E-state index contributed by atoms with van der Waals surface area (Å²) in [5, 5.41) is 0. The monoisotopic (exact) mass is 215 g/mol. The first-order valence-corrected chi connectivity index (χ1v) is 5.92. The minimum Gasteiger partial charge on any atom is -0.357 e. The predicted molar refractivity (Wildman–Crippen MR) is 66.3 cm³/mol. The highest BCUT2D eigenvalue weighted by atomic mass is 15.3. The number of benzene rings is 1. The number of nitrogens with zero attached hydrogens (tertiary/aromatic N) is 3. The minimum atomic E-state index is 1.01. The maximum atomic E-state index is 4.72. The molecule has 0 aliphatic carbocycles. The second kappa shape index (κ2) is 3.91. The van der Waals surface area contributed by atoms with E-state index in [2.05, 4.69) is 41.1 Å². The average Bonchev–Trinajstić information content (AvgIpc) is 2.73. The topological polar surface area (TPSA) is 18.8 Å². The lowest BCUT2D eigenvalue weighted by Gasteiger charge is -2.33. The van der Waals surface area contributed by atoms with E-state index in [9.17, 15) is 0 Å². The van der Waals surface area contributed by atoms with Crippen LogP contribution in [0.2, 0.25) is 0 Å². The van der Waals surface area contributed by atoms with Crippen LogP contribution in [-0.2, 0) is 6.42 Å². The van der Waals surface area contributed by atoms with Crippen molar-refractivity contribution in [2.75, 3.05) is 33.2 Å². The molecule has 0 aromatic heterocycles. The number of aliphatic imine (C=N–C) groups is 1. The fraction of sp³-hybridized carbons (Fsp3) is 0.462. The zero-order chi connectivity index (χ0) is 11.0. The number of piperazine rings is 1. The Morgan fingerprint density at radius 3 is 2.56 bits per heavy atom. The van der Waals surface area contributed by atoms with E-state index in [1.54, 1.807) is 0 Å². The first-order chi connectivity index (χ1) is 7.83. The fourth-order valence-electron chi connectivity index (χ4n) is 2.37. The Morgan fingerprint density at radius 1 is 1.06 bits per heavy atom. The highest BCUT2D eigenvalue weighted by Crippen LogP contribution is 2.27. The van der Waals surface area contributed by atoms with Crippen LogP contribution in [0.1, 0.15) is 5.56 Å². The second-order valence-corrected chi connectivity index (χ2v) is 4.62. The van der Waals surface area contributed by atoms with Gasteiger partial charge in [0.15, 0.2) is 0 Å². The molecule has 2 heterocycles. The molecule has 1 aromatic rings. The van der Waals surface area contributed by atoms with E-state index >= 15 is 0 Å². The summed E-state index contributed by atoms with van der Waals surface area (Å²) in [5.74, 6) is 1.26. The normalized spacial score (nSPS) is 20.8. The highest BCUT2D eigenvalue weighted by Gasteiger charge is 2.22. The summed E-state index contributed by atoms with van der Waals surface area (Å²) in [7, 11) is 2.18. The van der Waals surface area contributed by atoms with Gasteiger partial charge in [-0.3, -0.25) is 0 Å². The van der Waals surface area contributed by atoms with Gasteiger partial charge in [-0.15, -0.1) is 0 Å². The number of hydrogen-bond acceptors (Lipinski definition) is 3. The Kier molecular flexibility index (Phi) is 2.40. The summed E-state index contributed by atoms with van der Waals surface area (Å²) in [6, 6.07) is 8.46. The maximum Gasteiger partial charge on any atom is 0.109 e. The number of likely N-dealkylation sites (N-methyl/N-ethyl adjacent to an activating group) is 1. The summed E-state index contributed by atoms with van der Waals surface area (Å²) < 4.78 is 0. The van der Waals surface area contributed by atoms with Gasteiger partial charge in [0.25, 0.3) is 0 Å². The molecule has 84 valence electrons. The Hall–Kier alpha value is -1.35. The lowest BCUT2D eigenvalue weighted by molar-refractivity contribution is 0.214. The Balaban J connectivity index is 1.75. The van der Waals surface area contributed by atoms with Gasteiger partial charge in [-0.25, -0.2) is 4.99 Å². The largest absolute Gasteiger partial charge is 0.357 e. The summed E-state index contributed by atoms with van der Waals surface area (Å²) >= 11 is 0. The molecule has 1 aromatic carbocycles. The maximum absolute atomic E-state index is 4.72. The Morgan fingerprint density at radius 2 is 1.81 bits per heavy atom. The van der Waals surface area contributed by atoms with Crippen molar-refractivity contribution in [3.8, 4) is 0 Å². The lowest BCUT2D eigenvalue weighted by atomic mass is 10.1. The van der Waals surface area contributed by atoms with E-state index in [1.807, 2.05) is 0 Å². The smallest absolute Gasteiger partial charge is 0.109 e. The summed E-state index contributed by atoms with van der Waals surface area (Å²) in [6.07, 6.45) is 1.01. The van der Waals surface area contributed by atoms with Gasteiger partial charge < -0.3 is 9.80 Å². The van der Waals surface area contributed by atoms with Crippen molar-refractivity contribution in [2.45, 2.75) is 6.42 Å². The van der Waals surface area contributed by atoms with Crippen LogP contribution >= 0.6 is 0 Å². The van der Waals surface area contributed by atoms with E-state index < -0.39 is 0 Å². The quantitative estimate of drug-likeness (QED) is 0.653.